The van der Waals surface area contributed by atoms with Crippen LogP contribution in [-0.4, -0.2) is 16.7 Å². The van der Waals surface area contributed by atoms with Gasteiger partial charge in [0.15, 0.2) is 11.6 Å². The minimum atomic E-state index is -0.242. The first-order chi connectivity index (χ1) is 9.28. The van der Waals surface area contributed by atoms with Gasteiger partial charge in [0.05, 0.1) is 5.76 Å². The lowest BCUT2D eigenvalue weighted by molar-refractivity contribution is -0.118. The van der Waals surface area contributed by atoms with Gasteiger partial charge in [0, 0.05) is 35.4 Å². The Hall–Kier alpha value is -1.61. The Morgan fingerprint density at radius 3 is 2.40 bits per heavy atom. The molecule has 106 valence electrons. The number of benzene rings is 1. The van der Waals surface area contributed by atoms with Crippen LogP contribution in [0.1, 0.15) is 43.5 Å². The molecule has 0 atom stereocenters. The summed E-state index contributed by atoms with van der Waals surface area (Å²) >= 11 is 5.77. The molecule has 1 aliphatic rings. The maximum Gasteiger partial charge on any atom is 0.167 e. The number of carbonyl (C=O) groups is 2. The molecule has 3 nitrogen and oxygen atoms in total. The van der Waals surface area contributed by atoms with Gasteiger partial charge in [-0.15, -0.1) is 0 Å². The number of hydrogen-bond donors (Lipinski definition) is 1. The van der Waals surface area contributed by atoms with E-state index in [-0.39, 0.29) is 34.7 Å². The van der Waals surface area contributed by atoms with Crippen molar-refractivity contribution in [2.45, 2.75) is 33.1 Å². The molecular weight excluding hydrogens is 276 g/mol. The summed E-state index contributed by atoms with van der Waals surface area (Å²) in [5.74, 6) is -0.272. The summed E-state index contributed by atoms with van der Waals surface area (Å²) in [4.78, 5) is 24.2. The van der Waals surface area contributed by atoms with Gasteiger partial charge in [0.25, 0.3) is 0 Å². The fourth-order valence-corrected chi connectivity index (χ4v) is 2.55. The topological polar surface area (TPSA) is 54.4 Å². The predicted molar refractivity (Wildman–Crippen MR) is 78.1 cm³/mol. The standard InChI is InChI=1S/C16H17ClO3/c1-16(2)8-14(19)12(15(20)9-16)7-13(18)10-3-5-11(17)6-4-10/h3-6,19H,7-9H2,1-2H3. The van der Waals surface area contributed by atoms with Crippen LogP contribution in [0.4, 0.5) is 0 Å². The van der Waals surface area contributed by atoms with E-state index >= 15 is 0 Å². The van der Waals surface area contributed by atoms with Crippen molar-refractivity contribution in [1.82, 2.24) is 0 Å². The predicted octanol–water partition coefficient (Wildman–Crippen LogP) is 4.11. The van der Waals surface area contributed by atoms with Gasteiger partial charge in [-0.3, -0.25) is 9.59 Å². The molecule has 0 saturated heterocycles. The van der Waals surface area contributed by atoms with Crippen molar-refractivity contribution in [3.63, 3.8) is 0 Å². The zero-order valence-electron chi connectivity index (χ0n) is 11.6. The molecular formula is C16H17ClO3. The molecule has 20 heavy (non-hydrogen) atoms. The van der Waals surface area contributed by atoms with Crippen molar-refractivity contribution in [3.8, 4) is 0 Å². The molecule has 0 bridgehead atoms. The van der Waals surface area contributed by atoms with Crippen LogP contribution in [0, 0.1) is 5.41 Å². The van der Waals surface area contributed by atoms with Crippen LogP contribution >= 0.6 is 11.6 Å². The van der Waals surface area contributed by atoms with E-state index in [4.69, 9.17) is 11.6 Å². The summed E-state index contributed by atoms with van der Waals surface area (Å²) in [5, 5.41) is 10.6. The first kappa shape index (κ1) is 14.8. The third kappa shape index (κ3) is 3.28. The molecule has 0 aliphatic heterocycles. The lowest BCUT2D eigenvalue weighted by Gasteiger charge is -2.29. The fraction of sp³-hybridized carbons (Fsp3) is 0.375. The normalized spacial score (nSPS) is 18.2. The van der Waals surface area contributed by atoms with Crippen LogP contribution in [0.15, 0.2) is 35.6 Å². The third-order valence-electron chi connectivity index (χ3n) is 3.47. The van der Waals surface area contributed by atoms with E-state index in [1.807, 2.05) is 13.8 Å². The van der Waals surface area contributed by atoms with Crippen LogP contribution in [0.25, 0.3) is 0 Å². The lowest BCUT2D eigenvalue weighted by Crippen LogP contribution is -2.26. The van der Waals surface area contributed by atoms with Crippen molar-refractivity contribution in [1.29, 1.82) is 0 Å². The third-order valence-corrected chi connectivity index (χ3v) is 3.73. The molecule has 1 N–H and O–H groups in total. The minimum Gasteiger partial charge on any atom is -0.512 e. The highest BCUT2D eigenvalue weighted by Crippen LogP contribution is 2.36. The fourth-order valence-electron chi connectivity index (χ4n) is 2.42. The Balaban J connectivity index is 2.19. The Kier molecular flexibility index (Phi) is 4.00. The van der Waals surface area contributed by atoms with Crippen LogP contribution < -0.4 is 0 Å². The molecule has 0 heterocycles. The van der Waals surface area contributed by atoms with Crippen LogP contribution in [0.2, 0.25) is 5.02 Å². The molecule has 0 radical (unpaired) electrons. The number of halogens is 1. The van der Waals surface area contributed by atoms with Crippen molar-refractivity contribution >= 4 is 23.2 Å². The number of hydrogen-bond acceptors (Lipinski definition) is 3. The van der Waals surface area contributed by atoms with Gasteiger partial charge in [0.1, 0.15) is 0 Å². The first-order valence-corrected chi connectivity index (χ1v) is 6.89. The number of aliphatic hydroxyl groups excluding tert-OH is 1. The smallest absolute Gasteiger partial charge is 0.167 e. The molecule has 1 aliphatic carbocycles. The van der Waals surface area contributed by atoms with Crippen LogP contribution in [0.3, 0.4) is 0 Å². The highest BCUT2D eigenvalue weighted by atomic mass is 35.5. The molecule has 4 heteroatoms. The van der Waals surface area contributed by atoms with E-state index in [2.05, 4.69) is 0 Å². The number of allylic oxidation sites excluding steroid dienone is 2. The van der Waals surface area contributed by atoms with Gasteiger partial charge >= 0.3 is 0 Å². The molecule has 0 spiro atoms. The molecule has 0 fully saturated rings. The van der Waals surface area contributed by atoms with E-state index in [1.54, 1.807) is 24.3 Å². The van der Waals surface area contributed by atoms with Crippen LogP contribution in [-0.2, 0) is 4.79 Å². The number of Topliss-reactive ketones (excluding diaryl/α,β-unsaturated/α-hetero) is 2. The summed E-state index contributed by atoms with van der Waals surface area (Å²) in [6.07, 6.45) is 0.741. The number of aliphatic hydroxyl groups is 1. The lowest BCUT2D eigenvalue weighted by atomic mass is 9.75. The van der Waals surface area contributed by atoms with Crippen molar-refractivity contribution in [2.24, 2.45) is 5.41 Å². The van der Waals surface area contributed by atoms with Gasteiger partial charge in [-0.2, -0.15) is 0 Å². The second-order valence-corrected chi connectivity index (χ2v) is 6.41. The molecule has 1 aromatic carbocycles. The molecule has 2 rings (SSSR count). The van der Waals surface area contributed by atoms with Gasteiger partial charge in [-0.25, -0.2) is 0 Å². The zero-order valence-corrected chi connectivity index (χ0v) is 12.3. The maximum absolute atomic E-state index is 12.1. The summed E-state index contributed by atoms with van der Waals surface area (Å²) in [6.45, 7) is 3.86. The number of carbonyl (C=O) groups excluding carboxylic acids is 2. The highest BCUT2D eigenvalue weighted by molar-refractivity contribution is 6.30. The van der Waals surface area contributed by atoms with E-state index in [1.165, 1.54) is 0 Å². The van der Waals surface area contributed by atoms with Crippen molar-refractivity contribution < 1.29 is 14.7 Å². The number of rotatable bonds is 3. The van der Waals surface area contributed by atoms with Gasteiger partial charge in [0.2, 0.25) is 0 Å². The average molecular weight is 293 g/mol. The van der Waals surface area contributed by atoms with Crippen molar-refractivity contribution in [3.05, 3.63) is 46.2 Å². The van der Waals surface area contributed by atoms with Gasteiger partial charge in [-0.05, 0) is 29.7 Å². The molecule has 0 unspecified atom stereocenters. The molecule has 1 aromatic rings. The Bertz CT molecular complexity index is 582. The van der Waals surface area contributed by atoms with Gasteiger partial charge < -0.3 is 5.11 Å². The molecule has 0 amide bonds. The van der Waals surface area contributed by atoms with E-state index < -0.39 is 0 Å². The summed E-state index contributed by atoms with van der Waals surface area (Å²) in [6, 6.07) is 6.52. The Morgan fingerprint density at radius 2 is 1.85 bits per heavy atom. The van der Waals surface area contributed by atoms with Gasteiger partial charge in [-0.1, -0.05) is 25.4 Å². The second-order valence-electron chi connectivity index (χ2n) is 5.97. The maximum atomic E-state index is 12.1. The van der Waals surface area contributed by atoms with Crippen molar-refractivity contribution in [2.75, 3.05) is 0 Å². The summed E-state index contributed by atoms with van der Waals surface area (Å²) in [5.41, 5.74) is 0.505. The van der Waals surface area contributed by atoms with E-state index in [0.29, 0.717) is 23.4 Å². The number of ketones is 2. The zero-order chi connectivity index (χ0) is 14.9. The second kappa shape index (κ2) is 5.41. The SMILES string of the molecule is CC1(C)CC(=O)C(CC(=O)c2ccc(Cl)cc2)=C(O)C1. The van der Waals surface area contributed by atoms with E-state index in [0.717, 1.165) is 0 Å². The van der Waals surface area contributed by atoms with Crippen LogP contribution in [0.5, 0.6) is 0 Å². The summed E-state index contributed by atoms with van der Waals surface area (Å²) < 4.78 is 0. The Morgan fingerprint density at radius 1 is 1.25 bits per heavy atom. The quantitative estimate of drug-likeness (QED) is 0.853. The minimum absolute atomic E-state index is 0.0496. The monoisotopic (exact) mass is 292 g/mol. The Labute approximate surface area is 123 Å². The van der Waals surface area contributed by atoms with E-state index in [9.17, 15) is 14.7 Å². The average Bonchev–Trinajstić information content (AvgIpc) is 2.33. The largest absolute Gasteiger partial charge is 0.512 e. The highest BCUT2D eigenvalue weighted by Gasteiger charge is 2.33. The first-order valence-electron chi connectivity index (χ1n) is 6.51. The summed E-state index contributed by atoms with van der Waals surface area (Å²) in [7, 11) is 0. The molecule has 0 saturated carbocycles. The molecule has 0 aromatic heterocycles.